The van der Waals surface area contributed by atoms with Crippen molar-refractivity contribution < 1.29 is 9.18 Å². The fourth-order valence-corrected chi connectivity index (χ4v) is 2.51. The van der Waals surface area contributed by atoms with Crippen molar-refractivity contribution >= 4 is 5.78 Å². The summed E-state index contributed by atoms with van der Waals surface area (Å²) in [7, 11) is 0. The summed E-state index contributed by atoms with van der Waals surface area (Å²) >= 11 is 0. The fraction of sp³-hybridized carbons (Fsp3) is 0.632. The summed E-state index contributed by atoms with van der Waals surface area (Å²) in [6, 6.07) is 4.78. The minimum atomic E-state index is -0.284. The molecule has 0 bridgehead atoms. The lowest BCUT2D eigenvalue weighted by molar-refractivity contribution is 0.0978. The lowest BCUT2D eigenvalue weighted by Gasteiger charge is -2.04. The van der Waals surface area contributed by atoms with E-state index in [2.05, 4.69) is 6.92 Å². The zero-order valence-corrected chi connectivity index (χ0v) is 13.6. The van der Waals surface area contributed by atoms with Crippen molar-refractivity contribution in [3.05, 3.63) is 35.1 Å². The Morgan fingerprint density at radius 3 is 2.10 bits per heavy atom. The molecule has 118 valence electrons. The minimum Gasteiger partial charge on any atom is -0.294 e. The molecular formula is C19H29FO. The van der Waals surface area contributed by atoms with E-state index in [9.17, 15) is 9.18 Å². The molecule has 0 aliphatic rings. The molecule has 0 aromatic heterocycles. The third kappa shape index (κ3) is 7.40. The number of halogens is 1. The van der Waals surface area contributed by atoms with E-state index >= 15 is 0 Å². The van der Waals surface area contributed by atoms with Gasteiger partial charge in [0, 0.05) is 12.0 Å². The van der Waals surface area contributed by atoms with Crippen LogP contribution in [-0.4, -0.2) is 5.78 Å². The maximum Gasteiger partial charge on any atom is 0.162 e. The van der Waals surface area contributed by atoms with E-state index in [1.165, 1.54) is 51.0 Å². The lowest BCUT2D eigenvalue weighted by Crippen LogP contribution is -2.00. The number of hydrogen-bond acceptors (Lipinski definition) is 1. The van der Waals surface area contributed by atoms with Gasteiger partial charge in [0.2, 0.25) is 0 Å². The predicted molar refractivity (Wildman–Crippen MR) is 87.3 cm³/mol. The van der Waals surface area contributed by atoms with Gasteiger partial charge in [-0.2, -0.15) is 0 Å². The van der Waals surface area contributed by atoms with Crippen molar-refractivity contribution in [3.63, 3.8) is 0 Å². The predicted octanol–water partition coefficient (Wildman–Crippen LogP) is 6.24. The van der Waals surface area contributed by atoms with Crippen molar-refractivity contribution in [2.45, 2.75) is 78.1 Å². The molecular weight excluding hydrogens is 263 g/mol. The molecule has 1 aromatic rings. The number of carbonyl (C=O) groups excluding carboxylic acids is 1. The first kappa shape index (κ1) is 17.9. The van der Waals surface area contributed by atoms with Crippen LogP contribution in [0.4, 0.5) is 4.39 Å². The molecule has 0 aliphatic heterocycles. The van der Waals surface area contributed by atoms with Gasteiger partial charge in [0.15, 0.2) is 5.78 Å². The highest BCUT2D eigenvalue weighted by Gasteiger charge is 2.07. The van der Waals surface area contributed by atoms with Gasteiger partial charge in [0.1, 0.15) is 5.82 Å². The average molecular weight is 292 g/mol. The first-order valence-electron chi connectivity index (χ1n) is 8.44. The van der Waals surface area contributed by atoms with E-state index in [1.807, 2.05) is 0 Å². The standard InChI is InChI=1S/C19H29FO/c1-3-4-5-6-7-8-9-10-11-12-19(21)17-14-13-16(2)18(20)15-17/h13-15H,3-12H2,1-2H3. The maximum atomic E-state index is 13.4. The normalized spacial score (nSPS) is 10.8. The molecule has 2 heteroatoms. The van der Waals surface area contributed by atoms with Crippen LogP contribution >= 0.6 is 0 Å². The molecule has 0 amide bonds. The number of carbonyl (C=O) groups is 1. The SMILES string of the molecule is CCCCCCCCCCCC(=O)c1ccc(C)c(F)c1. The highest BCUT2D eigenvalue weighted by Crippen LogP contribution is 2.14. The van der Waals surface area contributed by atoms with Crippen LogP contribution in [0.3, 0.4) is 0 Å². The van der Waals surface area contributed by atoms with E-state index in [0.29, 0.717) is 17.5 Å². The molecule has 0 radical (unpaired) electrons. The third-order valence-electron chi connectivity index (χ3n) is 4.00. The second-order valence-corrected chi connectivity index (χ2v) is 5.97. The molecule has 1 rings (SSSR count). The Kier molecular flexibility index (Phi) is 8.96. The number of aryl methyl sites for hydroxylation is 1. The molecule has 0 saturated heterocycles. The van der Waals surface area contributed by atoms with Crippen LogP contribution in [0.2, 0.25) is 0 Å². The number of Topliss-reactive ketones (excluding diaryl/α,β-unsaturated/α-hetero) is 1. The molecule has 1 nitrogen and oxygen atoms in total. The Morgan fingerprint density at radius 2 is 1.52 bits per heavy atom. The van der Waals surface area contributed by atoms with Crippen LogP contribution < -0.4 is 0 Å². The molecule has 0 atom stereocenters. The monoisotopic (exact) mass is 292 g/mol. The summed E-state index contributed by atoms with van der Waals surface area (Å²) in [4.78, 5) is 11.9. The van der Waals surface area contributed by atoms with Crippen LogP contribution in [0.1, 0.15) is 87.1 Å². The second kappa shape index (κ2) is 10.5. The van der Waals surface area contributed by atoms with Crippen LogP contribution in [0, 0.1) is 12.7 Å². The van der Waals surface area contributed by atoms with E-state index in [1.54, 1.807) is 19.1 Å². The van der Waals surface area contributed by atoms with Crippen LogP contribution in [-0.2, 0) is 0 Å². The van der Waals surface area contributed by atoms with Crippen molar-refractivity contribution in [1.29, 1.82) is 0 Å². The minimum absolute atomic E-state index is 0.0665. The molecule has 0 N–H and O–H groups in total. The summed E-state index contributed by atoms with van der Waals surface area (Å²) in [6.45, 7) is 3.95. The largest absolute Gasteiger partial charge is 0.294 e. The van der Waals surface area contributed by atoms with Crippen LogP contribution in [0.15, 0.2) is 18.2 Å². The molecule has 21 heavy (non-hydrogen) atoms. The molecule has 0 aliphatic carbocycles. The van der Waals surface area contributed by atoms with E-state index in [0.717, 1.165) is 12.8 Å². The van der Waals surface area contributed by atoms with Gasteiger partial charge in [0.05, 0.1) is 0 Å². The summed E-state index contributed by atoms with van der Waals surface area (Å²) in [5.74, 6) is -0.218. The topological polar surface area (TPSA) is 17.1 Å². The number of hydrogen-bond donors (Lipinski definition) is 0. The van der Waals surface area contributed by atoms with Crippen molar-refractivity contribution in [1.82, 2.24) is 0 Å². The first-order valence-corrected chi connectivity index (χ1v) is 8.44. The summed E-state index contributed by atoms with van der Waals surface area (Å²) < 4.78 is 13.4. The zero-order valence-electron chi connectivity index (χ0n) is 13.6. The van der Waals surface area contributed by atoms with E-state index < -0.39 is 0 Å². The number of benzene rings is 1. The van der Waals surface area contributed by atoms with Gasteiger partial charge in [-0.25, -0.2) is 4.39 Å². The molecule has 0 unspecified atom stereocenters. The Hall–Kier alpha value is -1.18. The number of ketones is 1. The Morgan fingerprint density at radius 1 is 0.952 bits per heavy atom. The Bertz CT molecular complexity index is 426. The second-order valence-electron chi connectivity index (χ2n) is 5.97. The van der Waals surface area contributed by atoms with Crippen molar-refractivity contribution in [2.24, 2.45) is 0 Å². The zero-order chi connectivity index (χ0) is 15.5. The third-order valence-corrected chi connectivity index (χ3v) is 4.00. The molecule has 0 fully saturated rings. The highest BCUT2D eigenvalue weighted by atomic mass is 19.1. The average Bonchev–Trinajstić information content (AvgIpc) is 2.48. The van der Waals surface area contributed by atoms with Gasteiger partial charge in [-0.05, 0) is 25.0 Å². The van der Waals surface area contributed by atoms with Crippen LogP contribution in [0.5, 0.6) is 0 Å². The van der Waals surface area contributed by atoms with E-state index in [4.69, 9.17) is 0 Å². The van der Waals surface area contributed by atoms with Gasteiger partial charge in [-0.1, -0.05) is 70.4 Å². The summed E-state index contributed by atoms with van der Waals surface area (Å²) in [6.07, 6.45) is 11.7. The van der Waals surface area contributed by atoms with Gasteiger partial charge < -0.3 is 0 Å². The van der Waals surface area contributed by atoms with Gasteiger partial charge >= 0.3 is 0 Å². The van der Waals surface area contributed by atoms with Gasteiger partial charge in [0.25, 0.3) is 0 Å². The smallest absolute Gasteiger partial charge is 0.162 e. The van der Waals surface area contributed by atoms with Crippen molar-refractivity contribution in [2.75, 3.05) is 0 Å². The quantitative estimate of drug-likeness (QED) is 0.348. The van der Waals surface area contributed by atoms with Crippen molar-refractivity contribution in [3.8, 4) is 0 Å². The summed E-state index contributed by atoms with van der Waals surface area (Å²) in [5, 5.41) is 0. The lowest BCUT2D eigenvalue weighted by atomic mass is 10.0. The number of unbranched alkanes of at least 4 members (excludes halogenated alkanes) is 8. The molecule has 0 spiro atoms. The molecule has 1 aromatic carbocycles. The van der Waals surface area contributed by atoms with Gasteiger partial charge in [-0.15, -0.1) is 0 Å². The highest BCUT2D eigenvalue weighted by molar-refractivity contribution is 5.96. The molecule has 0 saturated carbocycles. The summed E-state index contributed by atoms with van der Waals surface area (Å²) in [5.41, 5.74) is 1.10. The first-order chi connectivity index (χ1) is 10.1. The van der Waals surface area contributed by atoms with Gasteiger partial charge in [-0.3, -0.25) is 4.79 Å². The molecule has 0 heterocycles. The maximum absolute atomic E-state index is 13.4. The Labute approximate surface area is 129 Å². The number of rotatable bonds is 11. The van der Waals surface area contributed by atoms with E-state index in [-0.39, 0.29) is 11.6 Å². The van der Waals surface area contributed by atoms with Crippen LogP contribution in [0.25, 0.3) is 0 Å². The fourth-order valence-electron chi connectivity index (χ4n) is 2.51. The Balaban J connectivity index is 2.09.